The average Bonchev–Trinajstić information content (AvgIpc) is 3.29. The van der Waals surface area contributed by atoms with Gasteiger partial charge < -0.3 is 9.84 Å². The van der Waals surface area contributed by atoms with E-state index < -0.39 is 0 Å². The minimum Gasteiger partial charge on any atom is -0.349 e. The molecule has 2 aromatic carbocycles. The Morgan fingerprint density at radius 3 is 2.69 bits per heavy atom. The molecule has 1 fully saturated rings. The molecule has 0 bridgehead atoms. The van der Waals surface area contributed by atoms with E-state index in [0.717, 1.165) is 45.2 Å². The molecule has 7 heteroatoms. The van der Waals surface area contributed by atoms with Crippen LogP contribution < -0.4 is 5.32 Å². The molecule has 1 aliphatic heterocycles. The molecule has 1 aliphatic carbocycles. The second kappa shape index (κ2) is 9.20. The number of rotatable bonds is 5. The second-order valence-corrected chi connectivity index (χ2v) is 8.73. The lowest BCUT2D eigenvalue weighted by Gasteiger charge is -2.32. The monoisotopic (exact) mass is 434 g/mol. The summed E-state index contributed by atoms with van der Waals surface area (Å²) in [7, 11) is 0. The summed E-state index contributed by atoms with van der Waals surface area (Å²) in [4.78, 5) is 19.6. The van der Waals surface area contributed by atoms with E-state index in [1.165, 1.54) is 23.3 Å². The molecule has 2 heterocycles. The van der Waals surface area contributed by atoms with Gasteiger partial charge in [0.2, 0.25) is 5.91 Å². The summed E-state index contributed by atoms with van der Waals surface area (Å²) >= 11 is 0. The Morgan fingerprint density at radius 1 is 1.09 bits per heavy atom. The molecule has 32 heavy (non-hydrogen) atoms. The van der Waals surface area contributed by atoms with Crippen molar-refractivity contribution in [2.24, 2.45) is 5.92 Å². The molecule has 0 radical (unpaired) electrons. The van der Waals surface area contributed by atoms with Crippen LogP contribution >= 0.6 is 0 Å². The first kappa shape index (κ1) is 20.8. The van der Waals surface area contributed by atoms with Crippen LogP contribution in [0.15, 0.2) is 53.1 Å². The number of carbonyl (C=O) groups excluding carboxylic acids is 1. The van der Waals surface area contributed by atoms with Gasteiger partial charge in [0.25, 0.3) is 5.89 Å². The Kier molecular flexibility index (Phi) is 5.99. The van der Waals surface area contributed by atoms with Gasteiger partial charge >= 0.3 is 0 Å². The maximum Gasteiger partial charge on any atom is 0.257 e. The van der Waals surface area contributed by atoms with Crippen molar-refractivity contribution in [2.45, 2.75) is 44.7 Å². The highest BCUT2D eigenvalue weighted by atomic mass is 19.1. The predicted molar refractivity (Wildman–Crippen MR) is 118 cm³/mol. The van der Waals surface area contributed by atoms with Gasteiger partial charge in [-0.15, -0.1) is 0 Å². The number of fused-ring (bicyclic) bond motifs is 1. The van der Waals surface area contributed by atoms with E-state index in [9.17, 15) is 9.18 Å². The number of nitrogens with one attached hydrogen (secondary N) is 1. The van der Waals surface area contributed by atoms with E-state index in [0.29, 0.717) is 23.8 Å². The normalized spacial score (nSPS) is 19.5. The Hall–Kier alpha value is -3.06. The van der Waals surface area contributed by atoms with E-state index in [1.807, 2.05) is 0 Å². The molecular formula is C25H27FN4O2. The number of aryl methyl sites for hydroxylation is 1. The number of nitrogens with zero attached hydrogens (tertiary/aromatic N) is 3. The SMILES string of the molecule is O=C(NC1CCCc2ccccc21)C1CCN(Cc2noc(-c3ccc(F)cc3)n2)CC1. The molecule has 1 saturated heterocycles. The van der Waals surface area contributed by atoms with Crippen molar-refractivity contribution in [1.82, 2.24) is 20.4 Å². The zero-order chi connectivity index (χ0) is 21.9. The molecule has 2 aliphatic rings. The molecular weight excluding hydrogens is 407 g/mol. The van der Waals surface area contributed by atoms with Gasteiger partial charge in [-0.05, 0) is 80.6 Å². The van der Waals surface area contributed by atoms with Gasteiger partial charge in [-0.25, -0.2) is 4.39 Å². The molecule has 1 N–H and O–H groups in total. The minimum atomic E-state index is -0.298. The van der Waals surface area contributed by atoms with Crippen LogP contribution in [0.25, 0.3) is 11.5 Å². The molecule has 1 aromatic heterocycles. The summed E-state index contributed by atoms with van der Waals surface area (Å²) < 4.78 is 18.4. The highest BCUT2D eigenvalue weighted by molar-refractivity contribution is 5.79. The number of piperidine rings is 1. The second-order valence-electron chi connectivity index (χ2n) is 8.73. The summed E-state index contributed by atoms with van der Waals surface area (Å²) in [6, 6.07) is 14.6. The van der Waals surface area contributed by atoms with Crippen LogP contribution in [0.3, 0.4) is 0 Å². The largest absolute Gasteiger partial charge is 0.349 e. The lowest BCUT2D eigenvalue weighted by Crippen LogP contribution is -2.42. The van der Waals surface area contributed by atoms with Crippen molar-refractivity contribution in [3.63, 3.8) is 0 Å². The fraction of sp³-hybridized carbons (Fsp3) is 0.400. The van der Waals surface area contributed by atoms with Crippen LogP contribution in [0.1, 0.15) is 48.7 Å². The molecule has 1 atom stereocenters. The molecule has 5 rings (SSSR count). The van der Waals surface area contributed by atoms with Crippen LogP contribution in [0.5, 0.6) is 0 Å². The summed E-state index contributed by atoms with van der Waals surface area (Å²) in [5.74, 6) is 0.908. The van der Waals surface area contributed by atoms with Crippen molar-refractivity contribution in [2.75, 3.05) is 13.1 Å². The molecule has 1 unspecified atom stereocenters. The Labute approximate surface area is 186 Å². The number of aromatic nitrogens is 2. The summed E-state index contributed by atoms with van der Waals surface area (Å²) in [6.45, 7) is 2.22. The smallest absolute Gasteiger partial charge is 0.257 e. The maximum absolute atomic E-state index is 13.1. The maximum atomic E-state index is 13.1. The first-order valence-electron chi connectivity index (χ1n) is 11.3. The van der Waals surface area contributed by atoms with Gasteiger partial charge in [-0.2, -0.15) is 4.98 Å². The van der Waals surface area contributed by atoms with E-state index in [2.05, 4.69) is 44.6 Å². The Bertz CT molecular complexity index is 1070. The fourth-order valence-corrected chi connectivity index (χ4v) is 4.77. The third kappa shape index (κ3) is 4.58. The Morgan fingerprint density at radius 2 is 1.88 bits per heavy atom. The van der Waals surface area contributed by atoms with Crippen LogP contribution in [0.2, 0.25) is 0 Å². The Balaban J connectivity index is 1.13. The molecule has 6 nitrogen and oxygen atoms in total. The number of halogens is 1. The number of benzene rings is 2. The van der Waals surface area contributed by atoms with Crippen LogP contribution in [-0.2, 0) is 17.8 Å². The number of likely N-dealkylation sites (tertiary alicyclic amines) is 1. The molecule has 0 saturated carbocycles. The van der Waals surface area contributed by atoms with Crippen LogP contribution in [-0.4, -0.2) is 34.0 Å². The van der Waals surface area contributed by atoms with E-state index >= 15 is 0 Å². The highest BCUT2D eigenvalue weighted by Gasteiger charge is 2.29. The predicted octanol–water partition coefficient (Wildman–Crippen LogP) is 4.28. The minimum absolute atomic E-state index is 0.0420. The van der Waals surface area contributed by atoms with Crippen molar-refractivity contribution >= 4 is 5.91 Å². The van der Waals surface area contributed by atoms with Crippen molar-refractivity contribution in [3.05, 3.63) is 71.3 Å². The molecule has 1 amide bonds. The standard InChI is InChI=1S/C25H27FN4O2/c26-20-10-8-19(9-11-20)25-28-23(29-32-25)16-30-14-12-18(13-15-30)24(31)27-22-7-3-5-17-4-1-2-6-21(17)22/h1-2,4,6,8-11,18,22H,3,5,7,12-16H2,(H,27,31). The first-order chi connectivity index (χ1) is 15.7. The van der Waals surface area contributed by atoms with E-state index in [-0.39, 0.29) is 23.7 Å². The van der Waals surface area contributed by atoms with E-state index in [1.54, 1.807) is 12.1 Å². The van der Waals surface area contributed by atoms with Crippen molar-refractivity contribution < 1.29 is 13.7 Å². The van der Waals surface area contributed by atoms with E-state index in [4.69, 9.17) is 4.52 Å². The number of amides is 1. The lowest BCUT2D eigenvalue weighted by atomic mass is 9.87. The third-order valence-electron chi connectivity index (χ3n) is 6.57. The number of hydrogen-bond donors (Lipinski definition) is 1. The van der Waals surface area contributed by atoms with Gasteiger partial charge in [0.15, 0.2) is 5.82 Å². The summed E-state index contributed by atoms with van der Waals surface area (Å²) in [5, 5.41) is 7.37. The van der Waals surface area contributed by atoms with Gasteiger partial charge in [0.05, 0.1) is 12.6 Å². The van der Waals surface area contributed by atoms with Crippen LogP contribution in [0, 0.1) is 11.7 Å². The zero-order valence-corrected chi connectivity index (χ0v) is 18.0. The van der Waals surface area contributed by atoms with Crippen molar-refractivity contribution in [1.29, 1.82) is 0 Å². The van der Waals surface area contributed by atoms with Gasteiger partial charge in [0, 0.05) is 11.5 Å². The fourth-order valence-electron chi connectivity index (χ4n) is 4.77. The highest BCUT2D eigenvalue weighted by Crippen LogP contribution is 2.30. The topological polar surface area (TPSA) is 71.3 Å². The lowest BCUT2D eigenvalue weighted by molar-refractivity contribution is -0.127. The molecule has 0 spiro atoms. The number of carbonyl (C=O) groups is 1. The first-order valence-corrected chi connectivity index (χ1v) is 11.3. The number of hydrogen-bond acceptors (Lipinski definition) is 5. The zero-order valence-electron chi connectivity index (χ0n) is 18.0. The summed E-state index contributed by atoms with van der Waals surface area (Å²) in [6.07, 6.45) is 4.87. The molecule has 166 valence electrons. The third-order valence-corrected chi connectivity index (χ3v) is 6.57. The quantitative estimate of drug-likeness (QED) is 0.649. The van der Waals surface area contributed by atoms with Gasteiger partial charge in [0.1, 0.15) is 5.82 Å². The summed E-state index contributed by atoms with van der Waals surface area (Å²) in [5.41, 5.74) is 3.34. The average molecular weight is 435 g/mol. The van der Waals surface area contributed by atoms with Gasteiger partial charge in [-0.1, -0.05) is 29.4 Å². The van der Waals surface area contributed by atoms with Gasteiger partial charge in [-0.3, -0.25) is 9.69 Å². The van der Waals surface area contributed by atoms with Crippen LogP contribution in [0.4, 0.5) is 4.39 Å². The molecule has 3 aromatic rings. The van der Waals surface area contributed by atoms with Crippen molar-refractivity contribution in [3.8, 4) is 11.5 Å².